The van der Waals surface area contributed by atoms with E-state index in [0.29, 0.717) is 23.8 Å². The Morgan fingerprint density at radius 3 is 2.85 bits per heavy atom. The second-order valence-electron chi connectivity index (χ2n) is 7.47. The second kappa shape index (κ2) is 7.20. The van der Waals surface area contributed by atoms with Gasteiger partial charge in [-0.1, -0.05) is 30.7 Å². The Labute approximate surface area is 158 Å². The normalized spacial score (nSPS) is 15.8. The summed E-state index contributed by atoms with van der Waals surface area (Å²) in [6.45, 7) is 6.15. The molecule has 0 radical (unpaired) electrons. The highest BCUT2D eigenvalue weighted by Gasteiger charge is 2.32. The third-order valence-electron chi connectivity index (χ3n) is 4.46. The second-order valence-corrected chi connectivity index (χ2v) is 7.91. The average molecular weight is 375 g/mol. The monoisotopic (exact) mass is 374 g/mol. The Balaban J connectivity index is 1.74. The number of ether oxygens (including phenoxy) is 2. The molecule has 5 heteroatoms. The molecule has 26 heavy (non-hydrogen) atoms. The minimum Gasteiger partial charge on any atom is -0.489 e. The predicted molar refractivity (Wildman–Crippen MR) is 101 cm³/mol. The van der Waals surface area contributed by atoms with Gasteiger partial charge in [-0.3, -0.25) is 4.79 Å². The molecule has 1 aliphatic heterocycles. The number of hydrogen-bond acceptors (Lipinski definition) is 3. The molecule has 1 atom stereocenters. The molecule has 3 rings (SSSR count). The van der Waals surface area contributed by atoms with Crippen LogP contribution in [0.4, 0.5) is 0 Å². The maximum atomic E-state index is 11.0. The zero-order valence-corrected chi connectivity index (χ0v) is 16.0. The molecule has 0 fully saturated rings. The minimum absolute atomic E-state index is 0.241. The van der Waals surface area contributed by atoms with Crippen LogP contribution in [0.25, 0.3) is 0 Å². The van der Waals surface area contributed by atoms with E-state index in [2.05, 4.69) is 13.8 Å². The first-order valence-corrected chi connectivity index (χ1v) is 9.06. The smallest absolute Gasteiger partial charge is 0.306 e. The molecule has 1 unspecified atom stereocenters. The van der Waals surface area contributed by atoms with Crippen molar-refractivity contribution in [2.75, 3.05) is 0 Å². The quantitative estimate of drug-likeness (QED) is 0.781. The standard InChI is InChI=1S/C21H23ClO4/c1-13(20(23)24)7-14-5-4-6-18(8-14)25-12-16-10-17(22)9-15-11-21(2,3)26-19(15)16/h4-6,8-10,13H,7,11-12H2,1-3H3,(H,23,24). The van der Waals surface area contributed by atoms with Gasteiger partial charge in [0.15, 0.2) is 0 Å². The first kappa shape index (κ1) is 18.6. The third kappa shape index (κ3) is 4.31. The number of fused-ring (bicyclic) bond motifs is 1. The van der Waals surface area contributed by atoms with Crippen LogP contribution in [-0.2, 0) is 24.2 Å². The summed E-state index contributed by atoms with van der Waals surface area (Å²) in [6, 6.07) is 11.4. The van der Waals surface area contributed by atoms with Crippen molar-refractivity contribution in [3.8, 4) is 11.5 Å². The van der Waals surface area contributed by atoms with E-state index in [0.717, 1.165) is 28.9 Å². The zero-order chi connectivity index (χ0) is 18.9. The Hall–Kier alpha value is -2.20. The van der Waals surface area contributed by atoms with Crippen LogP contribution < -0.4 is 9.47 Å². The molecule has 0 bridgehead atoms. The van der Waals surface area contributed by atoms with E-state index in [4.69, 9.17) is 26.2 Å². The summed E-state index contributed by atoms with van der Waals surface area (Å²) in [4.78, 5) is 11.0. The fourth-order valence-electron chi connectivity index (χ4n) is 3.22. The van der Waals surface area contributed by atoms with E-state index in [1.807, 2.05) is 36.4 Å². The van der Waals surface area contributed by atoms with Crippen molar-refractivity contribution >= 4 is 17.6 Å². The zero-order valence-electron chi connectivity index (χ0n) is 15.2. The van der Waals surface area contributed by atoms with Crippen molar-refractivity contribution in [1.82, 2.24) is 0 Å². The molecule has 2 aromatic rings. The van der Waals surface area contributed by atoms with Crippen LogP contribution in [-0.4, -0.2) is 16.7 Å². The van der Waals surface area contributed by atoms with E-state index < -0.39 is 11.9 Å². The molecule has 138 valence electrons. The molecule has 1 heterocycles. The van der Waals surface area contributed by atoms with Gasteiger partial charge < -0.3 is 14.6 Å². The minimum atomic E-state index is -0.800. The average Bonchev–Trinajstić information content (AvgIpc) is 2.86. The molecule has 0 saturated heterocycles. The highest BCUT2D eigenvalue weighted by Crippen LogP contribution is 2.40. The molecular formula is C21H23ClO4. The van der Waals surface area contributed by atoms with Gasteiger partial charge in [-0.15, -0.1) is 0 Å². The summed E-state index contributed by atoms with van der Waals surface area (Å²) >= 11 is 6.25. The van der Waals surface area contributed by atoms with Crippen LogP contribution in [0.2, 0.25) is 5.02 Å². The van der Waals surface area contributed by atoms with E-state index in [9.17, 15) is 4.79 Å². The van der Waals surface area contributed by atoms with E-state index >= 15 is 0 Å². The predicted octanol–water partition coefficient (Wildman–Crippen LogP) is 4.90. The van der Waals surface area contributed by atoms with Crippen molar-refractivity contribution < 1.29 is 19.4 Å². The van der Waals surface area contributed by atoms with Gasteiger partial charge in [-0.2, -0.15) is 0 Å². The SMILES string of the molecule is CC(Cc1cccc(OCc2cc(Cl)cc3c2OC(C)(C)C3)c1)C(=O)O. The van der Waals surface area contributed by atoms with E-state index in [1.165, 1.54) is 0 Å². The summed E-state index contributed by atoms with van der Waals surface area (Å²) in [5.74, 6) is 0.323. The van der Waals surface area contributed by atoms with Crippen LogP contribution in [0.1, 0.15) is 37.5 Å². The molecule has 1 N–H and O–H groups in total. The van der Waals surface area contributed by atoms with Crippen molar-refractivity contribution in [1.29, 1.82) is 0 Å². The number of carboxylic acid groups (broad SMARTS) is 1. The fraction of sp³-hybridized carbons (Fsp3) is 0.381. The van der Waals surface area contributed by atoms with Gasteiger partial charge in [0, 0.05) is 17.0 Å². The molecule has 0 amide bonds. The van der Waals surface area contributed by atoms with Crippen LogP contribution in [0.15, 0.2) is 36.4 Å². The lowest BCUT2D eigenvalue weighted by Gasteiger charge is -2.18. The molecule has 0 aliphatic carbocycles. The summed E-state index contributed by atoms with van der Waals surface area (Å²) in [5.41, 5.74) is 2.72. The largest absolute Gasteiger partial charge is 0.489 e. The summed E-state index contributed by atoms with van der Waals surface area (Å²) in [6.07, 6.45) is 1.29. The van der Waals surface area contributed by atoms with Crippen molar-refractivity contribution in [3.63, 3.8) is 0 Å². The number of halogens is 1. The van der Waals surface area contributed by atoms with Gasteiger partial charge in [0.1, 0.15) is 23.7 Å². The maximum Gasteiger partial charge on any atom is 0.306 e. The number of hydrogen-bond donors (Lipinski definition) is 1. The first-order valence-electron chi connectivity index (χ1n) is 8.68. The number of carboxylic acids is 1. The molecule has 4 nitrogen and oxygen atoms in total. The van der Waals surface area contributed by atoms with Gasteiger partial charge >= 0.3 is 5.97 Å². The van der Waals surface area contributed by atoms with Crippen LogP contribution in [0, 0.1) is 5.92 Å². The van der Waals surface area contributed by atoms with Crippen molar-refractivity contribution in [3.05, 3.63) is 58.1 Å². The first-order chi connectivity index (χ1) is 12.2. The third-order valence-corrected chi connectivity index (χ3v) is 4.68. The lowest BCUT2D eigenvalue weighted by atomic mass is 10.0. The summed E-state index contributed by atoms with van der Waals surface area (Å²) in [5, 5.41) is 9.74. The number of aliphatic carboxylic acids is 1. The highest BCUT2D eigenvalue weighted by molar-refractivity contribution is 6.30. The van der Waals surface area contributed by atoms with Gasteiger partial charge in [-0.05, 0) is 55.7 Å². The van der Waals surface area contributed by atoms with Crippen molar-refractivity contribution in [2.45, 2.75) is 45.8 Å². The van der Waals surface area contributed by atoms with Gasteiger partial charge in [0.2, 0.25) is 0 Å². The van der Waals surface area contributed by atoms with Gasteiger partial charge in [0.05, 0.1) is 5.92 Å². The Kier molecular flexibility index (Phi) is 5.15. The molecule has 0 saturated carbocycles. The topological polar surface area (TPSA) is 55.8 Å². The maximum absolute atomic E-state index is 11.0. The highest BCUT2D eigenvalue weighted by atomic mass is 35.5. The van der Waals surface area contributed by atoms with Gasteiger partial charge in [0.25, 0.3) is 0 Å². The molecule has 2 aromatic carbocycles. The Morgan fingerprint density at radius 2 is 2.12 bits per heavy atom. The Bertz CT molecular complexity index is 829. The lowest BCUT2D eigenvalue weighted by Crippen LogP contribution is -2.25. The number of benzene rings is 2. The van der Waals surface area contributed by atoms with E-state index in [1.54, 1.807) is 6.92 Å². The van der Waals surface area contributed by atoms with Crippen LogP contribution >= 0.6 is 11.6 Å². The fourth-order valence-corrected chi connectivity index (χ4v) is 3.48. The van der Waals surface area contributed by atoms with Crippen molar-refractivity contribution in [2.24, 2.45) is 5.92 Å². The van der Waals surface area contributed by atoms with Crippen LogP contribution in [0.3, 0.4) is 0 Å². The number of rotatable bonds is 6. The summed E-state index contributed by atoms with van der Waals surface area (Å²) < 4.78 is 12.0. The number of carbonyl (C=O) groups is 1. The molecular weight excluding hydrogens is 352 g/mol. The molecule has 1 aliphatic rings. The van der Waals surface area contributed by atoms with E-state index in [-0.39, 0.29) is 5.60 Å². The van der Waals surface area contributed by atoms with Crippen LogP contribution in [0.5, 0.6) is 11.5 Å². The lowest BCUT2D eigenvalue weighted by molar-refractivity contribution is -0.141. The summed E-state index contributed by atoms with van der Waals surface area (Å²) in [7, 11) is 0. The molecule has 0 spiro atoms. The molecule has 0 aromatic heterocycles. The Morgan fingerprint density at radius 1 is 1.35 bits per heavy atom. The van der Waals surface area contributed by atoms with Gasteiger partial charge in [-0.25, -0.2) is 0 Å².